The van der Waals surface area contributed by atoms with Crippen LogP contribution in [0.2, 0.25) is 0 Å². The molecule has 0 saturated carbocycles. The molecule has 1 aliphatic rings. The highest BCUT2D eigenvalue weighted by Crippen LogP contribution is 2.47. The van der Waals surface area contributed by atoms with Crippen molar-refractivity contribution >= 4 is 35.0 Å². The molecular weight excluding hydrogens is 384 g/mol. The first-order chi connectivity index (χ1) is 13.5. The molecule has 4 rings (SSSR count). The van der Waals surface area contributed by atoms with Crippen LogP contribution in [0.3, 0.4) is 0 Å². The zero-order valence-electron chi connectivity index (χ0n) is 14.4. The Morgan fingerprint density at radius 3 is 2.11 bits per heavy atom. The minimum absolute atomic E-state index is 0.427. The van der Waals surface area contributed by atoms with E-state index in [1.807, 2.05) is 36.4 Å². The van der Waals surface area contributed by atoms with Gasteiger partial charge >= 0.3 is 5.97 Å². The molecule has 0 atom stereocenters. The first kappa shape index (κ1) is 18.2. The summed E-state index contributed by atoms with van der Waals surface area (Å²) >= 11 is 1.54. The lowest BCUT2D eigenvalue weighted by atomic mass is 10.2. The molecule has 1 aliphatic heterocycles. The van der Waals surface area contributed by atoms with E-state index in [1.54, 1.807) is 23.9 Å². The lowest BCUT2D eigenvalue weighted by Gasteiger charge is -2.30. The highest BCUT2D eigenvalue weighted by molar-refractivity contribution is 7.99. The number of ether oxygens (including phenoxy) is 1. The maximum absolute atomic E-state index is 13.7. The predicted octanol–water partition coefficient (Wildman–Crippen LogP) is 4.95. The summed E-state index contributed by atoms with van der Waals surface area (Å²) in [4.78, 5) is 28.2. The van der Waals surface area contributed by atoms with Crippen LogP contribution in [0.15, 0.2) is 76.5 Å². The van der Waals surface area contributed by atoms with Gasteiger partial charge in [-0.3, -0.25) is 9.69 Å². The van der Waals surface area contributed by atoms with Crippen LogP contribution >= 0.6 is 11.8 Å². The highest BCUT2D eigenvalue weighted by Gasteiger charge is 2.28. The topological polar surface area (TPSA) is 46.6 Å². The second-order valence-corrected chi connectivity index (χ2v) is 7.05. The van der Waals surface area contributed by atoms with Crippen LogP contribution in [0.4, 0.5) is 20.2 Å². The minimum Gasteiger partial charge on any atom is -0.452 e. The van der Waals surface area contributed by atoms with Crippen molar-refractivity contribution in [2.75, 3.05) is 11.5 Å². The molecule has 3 aromatic carbocycles. The predicted molar refractivity (Wildman–Crippen MR) is 101 cm³/mol. The number of nitrogens with zero attached hydrogens (tertiary/aromatic N) is 1. The van der Waals surface area contributed by atoms with Crippen LogP contribution in [0.5, 0.6) is 0 Å². The molecule has 1 amide bonds. The first-order valence-electron chi connectivity index (χ1n) is 8.35. The quantitative estimate of drug-likeness (QED) is 0.587. The average Bonchev–Trinajstić information content (AvgIpc) is 2.70. The van der Waals surface area contributed by atoms with E-state index in [4.69, 9.17) is 4.74 Å². The zero-order valence-corrected chi connectivity index (χ0v) is 15.2. The van der Waals surface area contributed by atoms with E-state index in [0.717, 1.165) is 21.9 Å². The fourth-order valence-electron chi connectivity index (χ4n) is 2.90. The van der Waals surface area contributed by atoms with Crippen molar-refractivity contribution in [1.29, 1.82) is 0 Å². The van der Waals surface area contributed by atoms with Crippen molar-refractivity contribution in [3.63, 3.8) is 0 Å². The highest BCUT2D eigenvalue weighted by atomic mass is 32.2. The van der Waals surface area contributed by atoms with Gasteiger partial charge in [0.1, 0.15) is 11.6 Å². The van der Waals surface area contributed by atoms with Gasteiger partial charge in [-0.15, -0.1) is 0 Å². The molecule has 0 bridgehead atoms. The fourth-order valence-corrected chi connectivity index (χ4v) is 3.96. The number of carbonyl (C=O) groups excluding carboxylic acids is 2. The SMILES string of the molecule is O=C(OCC(=O)N1c2ccccc2Sc2ccccc21)c1ccc(F)cc1F. The van der Waals surface area contributed by atoms with Gasteiger partial charge in [-0.25, -0.2) is 13.6 Å². The Morgan fingerprint density at radius 1 is 0.893 bits per heavy atom. The molecule has 0 saturated heterocycles. The summed E-state index contributed by atoms with van der Waals surface area (Å²) in [5.41, 5.74) is 0.935. The van der Waals surface area contributed by atoms with Crippen molar-refractivity contribution in [2.45, 2.75) is 9.79 Å². The summed E-state index contributed by atoms with van der Waals surface area (Å²) in [6.45, 7) is -0.580. The summed E-state index contributed by atoms with van der Waals surface area (Å²) in [6, 6.07) is 17.3. The maximum Gasteiger partial charge on any atom is 0.341 e. The molecule has 1 heterocycles. The van der Waals surface area contributed by atoms with Gasteiger partial charge < -0.3 is 4.74 Å². The molecule has 0 spiro atoms. The van der Waals surface area contributed by atoms with E-state index >= 15 is 0 Å². The number of fused-ring (bicyclic) bond motifs is 2. The third-order valence-corrected chi connectivity index (χ3v) is 5.29. The Balaban J connectivity index is 1.58. The molecule has 0 fully saturated rings. The van der Waals surface area contributed by atoms with E-state index in [-0.39, 0.29) is 0 Å². The van der Waals surface area contributed by atoms with Gasteiger partial charge in [0.15, 0.2) is 6.61 Å². The standard InChI is InChI=1S/C21H13F2NO3S/c22-13-9-10-14(15(23)11-13)21(26)27-12-20(25)24-16-5-1-3-7-18(16)28-19-8-4-2-6-17(19)24/h1-11H,12H2. The van der Waals surface area contributed by atoms with Gasteiger partial charge in [-0.1, -0.05) is 36.0 Å². The van der Waals surface area contributed by atoms with Crippen molar-refractivity contribution in [3.8, 4) is 0 Å². The first-order valence-corrected chi connectivity index (χ1v) is 9.17. The van der Waals surface area contributed by atoms with Gasteiger partial charge in [0.05, 0.1) is 16.9 Å². The van der Waals surface area contributed by atoms with E-state index in [1.165, 1.54) is 4.90 Å². The number of anilines is 2. The van der Waals surface area contributed by atoms with E-state index in [9.17, 15) is 18.4 Å². The molecule has 0 aliphatic carbocycles. The molecular formula is C21H13F2NO3S. The Morgan fingerprint density at radius 2 is 1.50 bits per heavy atom. The fraction of sp³-hybridized carbons (Fsp3) is 0.0476. The summed E-state index contributed by atoms with van der Waals surface area (Å²) in [5.74, 6) is -3.35. The molecule has 140 valence electrons. The Kier molecular flexibility index (Phi) is 4.83. The molecule has 0 aromatic heterocycles. The van der Waals surface area contributed by atoms with Crippen LogP contribution in [-0.2, 0) is 9.53 Å². The smallest absolute Gasteiger partial charge is 0.341 e. The second-order valence-electron chi connectivity index (χ2n) is 5.97. The van der Waals surface area contributed by atoms with Gasteiger partial charge in [0.2, 0.25) is 0 Å². The summed E-state index contributed by atoms with van der Waals surface area (Å²) in [5, 5.41) is 0. The van der Waals surface area contributed by atoms with Crippen LogP contribution < -0.4 is 4.90 Å². The number of halogens is 2. The van der Waals surface area contributed by atoms with Crippen molar-refractivity contribution < 1.29 is 23.1 Å². The Hall–Kier alpha value is -3.19. The Labute approximate surface area is 163 Å². The van der Waals surface area contributed by atoms with Gasteiger partial charge in [-0.05, 0) is 36.4 Å². The maximum atomic E-state index is 13.7. The number of benzene rings is 3. The third kappa shape index (κ3) is 3.36. The number of amides is 1. The number of hydrogen-bond donors (Lipinski definition) is 0. The molecule has 0 unspecified atom stereocenters. The molecule has 0 N–H and O–H groups in total. The number of para-hydroxylation sites is 2. The summed E-state index contributed by atoms with van der Waals surface area (Å²) < 4.78 is 31.7. The van der Waals surface area contributed by atoms with E-state index < -0.39 is 35.7 Å². The van der Waals surface area contributed by atoms with Crippen molar-refractivity contribution in [1.82, 2.24) is 0 Å². The number of hydrogen-bond acceptors (Lipinski definition) is 4. The van der Waals surface area contributed by atoms with E-state index in [0.29, 0.717) is 17.4 Å². The van der Waals surface area contributed by atoms with E-state index in [2.05, 4.69) is 0 Å². The number of carbonyl (C=O) groups is 2. The van der Waals surface area contributed by atoms with Gasteiger partial charge in [-0.2, -0.15) is 0 Å². The minimum atomic E-state index is -1.04. The number of rotatable bonds is 3. The molecule has 0 radical (unpaired) electrons. The largest absolute Gasteiger partial charge is 0.452 e. The Bertz CT molecular complexity index is 1040. The van der Waals surface area contributed by atoms with Crippen LogP contribution in [0.25, 0.3) is 0 Å². The third-order valence-electron chi connectivity index (χ3n) is 4.16. The normalized spacial score (nSPS) is 12.1. The second kappa shape index (κ2) is 7.44. The zero-order chi connectivity index (χ0) is 19.7. The average molecular weight is 397 g/mol. The monoisotopic (exact) mass is 397 g/mol. The molecule has 4 nitrogen and oxygen atoms in total. The van der Waals surface area contributed by atoms with Gasteiger partial charge in [0, 0.05) is 15.9 Å². The molecule has 7 heteroatoms. The summed E-state index contributed by atoms with van der Waals surface area (Å²) in [6.07, 6.45) is 0. The summed E-state index contributed by atoms with van der Waals surface area (Å²) in [7, 11) is 0. The van der Waals surface area contributed by atoms with Crippen molar-refractivity contribution in [2.24, 2.45) is 0 Å². The molecule has 28 heavy (non-hydrogen) atoms. The molecule has 3 aromatic rings. The number of esters is 1. The van der Waals surface area contributed by atoms with Crippen molar-refractivity contribution in [3.05, 3.63) is 83.9 Å². The van der Waals surface area contributed by atoms with Crippen LogP contribution in [-0.4, -0.2) is 18.5 Å². The van der Waals surface area contributed by atoms with Gasteiger partial charge in [0.25, 0.3) is 5.91 Å². The lowest BCUT2D eigenvalue weighted by molar-refractivity contribution is -0.121. The van der Waals surface area contributed by atoms with Crippen LogP contribution in [0, 0.1) is 11.6 Å². The van der Waals surface area contributed by atoms with Crippen LogP contribution in [0.1, 0.15) is 10.4 Å². The lowest BCUT2D eigenvalue weighted by Crippen LogP contribution is -2.32.